The van der Waals surface area contributed by atoms with Crippen LogP contribution in [-0.2, 0) is 9.84 Å². The minimum atomic E-state index is -3.53. The Morgan fingerprint density at radius 2 is 1.91 bits per heavy atom. The molecule has 0 atom stereocenters. The molecular weight excluding hydrogens is 504 g/mol. The molecule has 3 N–H and O–H groups in total. The number of hydrogen-bond donors (Lipinski definition) is 3. The largest absolute Gasteiger partial charge is 0.421 e. The van der Waals surface area contributed by atoms with Crippen molar-refractivity contribution < 1.29 is 27.0 Å². The Morgan fingerprint density at radius 3 is 2.57 bits per heavy atom. The fourth-order valence-corrected chi connectivity index (χ4v) is 4.01. The van der Waals surface area contributed by atoms with Crippen LogP contribution >= 0.6 is 11.6 Å². The van der Waals surface area contributed by atoms with E-state index in [1.54, 1.807) is 13.8 Å². The summed E-state index contributed by atoms with van der Waals surface area (Å²) in [6.07, 6.45) is 1.07. The maximum Gasteiger partial charge on any atom is 0.326 e. The highest BCUT2D eigenvalue weighted by atomic mass is 35.5. The van der Waals surface area contributed by atoms with Gasteiger partial charge >= 0.3 is 6.01 Å². The third-order valence-electron chi connectivity index (χ3n) is 4.80. The van der Waals surface area contributed by atoms with Crippen LogP contribution in [0, 0.1) is 11.6 Å². The van der Waals surface area contributed by atoms with Gasteiger partial charge in [-0.15, -0.1) is 0 Å². The number of ether oxygens (including phenoxy) is 1. The maximum atomic E-state index is 14.1. The first-order valence-electron chi connectivity index (χ1n) is 10.2. The number of aromatic nitrogens is 4. The van der Waals surface area contributed by atoms with Gasteiger partial charge in [0, 0.05) is 24.4 Å². The average molecular weight is 524 g/mol. The molecule has 4 aromatic rings. The Labute approximate surface area is 204 Å². The van der Waals surface area contributed by atoms with Crippen molar-refractivity contribution in [2.45, 2.75) is 24.3 Å². The van der Waals surface area contributed by atoms with Gasteiger partial charge < -0.3 is 15.2 Å². The Hall–Kier alpha value is -3.35. The number of benzene rings is 2. The van der Waals surface area contributed by atoms with Crippen LogP contribution in [0.5, 0.6) is 11.8 Å². The Balaban J connectivity index is 1.87. The SMILES string of the molecule is CC(C)(O)CNc1nc(Oc2ccc(F)cc2F)nc2[nH]nc(-c3cc(S(C)(=O)=O)ccc3Cl)c12. The highest BCUT2D eigenvalue weighted by Crippen LogP contribution is 2.37. The molecule has 0 unspecified atom stereocenters. The lowest BCUT2D eigenvalue weighted by Crippen LogP contribution is -2.29. The van der Waals surface area contributed by atoms with Crippen LogP contribution < -0.4 is 10.1 Å². The Bertz CT molecular complexity index is 1540. The maximum absolute atomic E-state index is 14.1. The molecule has 35 heavy (non-hydrogen) atoms. The van der Waals surface area contributed by atoms with E-state index in [4.69, 9.17) is 16.3 Å². The van der Waals surface area contributed by atoms with E-state index in [0.717, 1.165) is 18.4 Å². The molecule has 0 saturated heterocycles. The molecule has 2 aromatic heterocycles. The smallest absolute Gasteiger partial charge is 0.326 e. The summed E-state index contributed by atoms with van der Waals surface area (Å²) in [6.45, 7) is 3.20. The molecule has 0 aliphatic rings. The van der Waals surface area contributed by atoms with Gasteiger partial charge in [0.1, 0.15) is 17.3 Å². The summed E-state index contributed by atoms with van der Waals surface area (Å²) in [5, 5.41) is 20.7. The van der Waals surface area contributed by atoms with Gasteiger partial charge in [-0.3, -0.25) is 5.10 Å². The minimum absolute atomic E-state index is 0.0340. The van der Waals surface area contributed by atoms with Gasteiger partial charge in [-0.1, -0.05) is 11.6 Å². The molecule has 0 aliphatic heterocycles. The summed E-state index contributed by atoms with van der Waals surface area (Å²) in [4.78, 5) is 8.53. The topological polar surface area (TPSA) is 130 Å². The first kappa shape index (κ1) is 24.8. The number of anilines is 1. The molecule has 0 saturated carbocycles. The molecule has 0 fully saturated rings. The number of rotatable bonds is 7. The molecule has 0 radical (unpaired) electrons. The van der Waals surface area contributed by atoms with Crippen molar-refractivity contribution in [2.24, 2.45) is 0 Å². The Morgan fingerprint density at radius 1 is 1.17 bits per heavy atom. The van der Waals surface area contributed by atoms with Crippen molar-refractivity contribution in [3.05, 3.63) is 53.1 Å². The normalized spacial score (nSPS) is 12.2. The lowest BCUT2D eigenvalue weighted by molar-refractivity contribution is 0.0944. The summed E-state index contributed by atoms with van der Waals surface area (Å²) < 4.78 is 56.9. The number of aliphatic hydroxyl groups is 1. The second kappa shape index (κ2) is 9.02. The van der Waals surface area contributed by atoms with Gasteiger partial charge in [0.05, 0.1) is 20.9 Å². The lowest BCUT2D eigenvalue weighted by Gasteiger charge is -2.19. The monoisotopic (exact) mass is 523 g/mol. The first-order chi connectivity index (χ1) is 16.3. The van der Waals surface area contributed by atoms with E-state index in [9.17, 15) is 22.3 Å². The average Bonchev–Trinajstić information content (AvgIpc) is 3.17. The summed E-state index contributed by atoms with van der Waals surface area (Å²) in [5.41, 5.74) is -0.437. The molecule has 13 heteroatoms. The van der Waals surface area contributed by atoms with Crippen molar-refractivity contribution in [2.75, 3.05) is 18.1 Å². The molecule has 0 spiro atoms. The van der Waals surface area contributed by atoms with Crippen LogP contribution in [0.25, 0.3) is 22.3 Å². The number of sulfone groups is 1. The standard InChI is InChI=1S/C22H20ClF2N5O4S/c1-22(2,31)10-26-19-17-18(13-9-12(35(3,32)33)5-6-14(13)23)29-30-20(17)28-21(27-19)34-16-7-4-11(24)8-15(16)25/h4-9,31H,10H2,1-3H3,(H2,26,27,28,29,30). The molecule has 4 rings (SSSR count). The highest BCUT2D eigenvalue weighted by molar-refractivity contribution is 7.90. The molecule has 2 heterocycles. The third-order valence-corrected chi connectivity index (χ3v) is 6.24. The van der Waals surface area contributed by atoms with Crippen molar-refractivity contribution in [3.8, 4) is 23.0 Å². The van der Waals surface area contributed by atoms with E-state index in [-0.39, 0.29) is 45.4 Å². The summed E-state index contributed by atoms with van der Waals surface area (Å²) in [7, 11) is -3.53. The van der Waals surface area contributed by atoms with Crippen LogP contribution in [0.1, 0.15) is 13.8 Å². The molecule has 0 amide bonds. The number of fused-ring (bicyclic) bond motifs is 1. The fraction of sp³-hybridized carbons (Fsp3) is 0.227. The molecule has 9 nitrogen and oxygen atoms in total. The van der Waals surface area contributed by atoms with Crippen molar-refractivity contribution in [1.29, 1.82) is 0 Å². The Kier molecular flexibility index (Phi) is 6.38. The quantitative estimate of drug-likeness (QED) is 0.326. The second-order valence-electron chi connectivity index (χ2n) is 8.41. The predicted octanol–water partition coefficient (Wildman–Crippen LogP) is 4.33. The van der Waals surface area contributed by atoms with E-state index < -0.39 is 27.1 Å². The van der Waals surface area contributed by atoms with Crippen LogP contribution in [0.2, 0.25) is 5.02 Å². The van der Waals surface area contributed by atoms with E-state index in [1.165, 1.54) is 18.2 Å². The molecule has 0 bridgehead atoms. The number of nitrogens with zero attached hydrogens (tertiary/aromatic N) is 3. The molecular formula is C22H20ClF2N5O4S. The van der Waals surface area contributed by atoms with Crippen LogP contribution in [0.4, 0.5) is 14.6 Å². The van der Waals surface area contributed by atoms with Crippen LogP contribution in [0.3, 0.4) is 0 Å². The first-order valence-corrected chi connectivity index (χ1v) is 12.4. The van der Waals surface area contributed by atoms with Crippen LogP contribution in [0.15, 0.2) is 41.3 Å². The van der Waals surface area contributed by atoms with Gasteiger partial charge in [-0.05, 0) is 44.2 Å². The summed E-state index contributed by atoms with van der Waals surface area (Å²) in [5.74, 6) is -1.87. The fourth-order valence-electron chi connectivity index (χ4n) is 3.15. The number of halogens is 3. The van der Waals surface area contributed by atoms with E-state index in [1.807, 2.05) is 0 Å². The van der Waals surface area contributed by atoms with Gasteiger partial charge in [0.2, 0.25) is 0 Å². The van der Waals surface area contributed by atoms with Crippen LogP contribution in [-0.4, -0.2) is 52.1 Å². The zero-order valence-electron chi connectivity index (χ0n) is 18.7. The number of hydrogen-bond acceptors (Lipinski definition) is 8. The summed E-state index contributed by atoms with van der Waals surface area (Å²) >= 11 is 6.36. The van der Waals surface area contributed by atoms with E-state index in [0.29, 0.717) is 17.0 Å². The number of aromatic amines is 1. The second-order valence-corrected chi connectivity index (χ2v) is 10.8. The predicted molar refractivity (Wildman–Crippen MR) is 126 cm³/mol. The zero-order chi connectivity index (χ0) is 25.5. The van der Waals surface area contributed by atoms with Crippen molar-refractivity contribution >= 4 is 38.3 Å². The number of H-pyrrole nitrogens is 1. The van der Waals surface area contributed by atoms with E-state index >= 15 is 0 Å². The highest BCUT2D eigenvalue weighted by Gasteiger charge is 2.23. The van der Waals surface area contributed by atoms with Gasteiger partial charge in [-0.2, -0.15) is 15.1 Å². The molecule has 184 valence electrons. The molecule has 2 aromatic carbocycles. The molecule has 0 aliphatic carbocycles. The minimum Gasteiger partial charge on any atom is -0.421 e. The summed E-state index contributed by atoms with van der Waals surface area (Å²) in [6, 6.07) is 6.69. The van der Waals surface area contributed by atoms with Gasteiger partial charge in [0.25, 0.3) is 0 Å². The van der Waals surface area contributed by atoms with E-state index in [2.05, 4.69) is 25.5 Å². The van der Waals surface area contributed by atoms with Crippen molar-refractivity contribution in [3.63, 3.8) is 0 Å². The van der Waals surface area contributed by atoms with Gasteiger partial charge in [0.15, 0.2) is 27.1 Å². The lowest BCUT2D eigenvalue weighted by atomic mass is 10.1. The zero-order valence-corrected chi connectivity index (χ0v) is 20.3. The third kappa shape index (κ3) is 5.50. The van der Waals surface area contributed by atoms with Gasteiger partial charge in [-0.25, -0.2) is 17.2 Å². The van der Waals surface area contributed by atoms with Crippen molar-refractivity contribution in [1.82, 2.24) is 20.2 Å². The number of nitrogens with one attached hydrogen (secondary N) is 2.